The largest absolute Gasteiger partial charge is 0.400 e. The average molecular weight is 186 g/mol. The van der Waals surface area contributed by atoms with Crippen molar-refractivity contribution in [1.29, 1.82) is 0 Å². The number of halogens is 1. The maximum Gasteiger partial charge on any atom is 0.126 e. The topological polar surface area (TPSA) is 20.2 Å². The third-order valence-electron chi connectivity index (χ3n) is 1.42. The molecule has 0 heterocycles. The number of hydrogen-bond acceptors (Lipinski definition) is 1. The summed E-state index contributed by atoms with van der Waals surface area (Å²) in [6.07, 6.45) is 4.86. The summed E-state index contributed by atoms with van der Waals surface area (Å²) in [5.41, 5.74) is 0.711. The highest BCUT2D eigenvalue weighted by Crippen LogP contribution is 2.17. The first kappa shape index (κ1) is 14.6. The molecule has 0 atom stereocenters. The van der Waals surface area contributed by atoms with Crippen molar-refractivity contribution in [3.05, 3.63) is 36.2 Å². The lowest BCUT2D eigenvalue weighted by molar-refractivity contribution is 0.399. The van der Waals surface area contributed by atoms with Crippen LogP contribution in [0.3, 0.4) is 0 Å². The zero-order valence-corrected chi connectivity index (χ0v) is 8.84. The van der Waals surface area contributed by atoms with Gasteiger partial charge in [0.2, 0.25) is 0 Å². The summed E-state index contributed by atoms with van der Waals surface area (Å²) in [7, 11) is 1.00. The quantitative estimate of drug-likeness (QED) is 0.671. The van der Waals surface area contributed by atoms with Crippen LogP contribution in [0.2, 0.25) is 0 Å². The van der Waals surface area contributed by atoms with Crippen LogP contribution in [0.4, 0.5) is 4.39 Å². The molecule has 0 unspecified atom stereocenters. The van der Waals surface area contributed by atoms with Crippen molar-refractivity contribution in [3.63, 3.8) is 0 Å². The van der Waals surface area contributed by atoms with Crippen LogP contribution >= 0.6 is 0 Å². The molecule has 0 radical (unpaired) electrons. The molecule has 0 spiro atoms. The van der Waals surface area contributed by atoms with Crippen LogP contribution in [0.5, 0.6) is 0 Å². The maximum atomic E-state index is 12.9. The first-order valence-electron chi connectivity index (χ1n) is 4.23. The van der Waals surface area contributed by atoms with Crippen molar-refractivity contribution in [2.45, 2.75) is 20.8 Å². The fraction of sp³-hybridized carbons (Fsp3) is 0.455. The lowest BCUT2D eigenvalue weighted by Gasteiger charge is -2.05. The molecule has 13 heavy (non-hydrogen) atoms. The van der Waals surface area contributed by atoms with E-state index in [1.54, 1.807) is 6.08 Å². The fourth-order valence-electron chi connectivity index (χ4n) is 0.845. The Bertz CT molecular complexity index is 190. The van der Waals surface area contributed by atoms with Crippen molar-refractivity contribution in [3.8, 4) is 0 Å². The van der Waals surface area contributed by atoms with E-state index in [1.807, 2.05) is 26.8 Å². The number of aliphatic hydroxyl groups excluding tert-OH is 1. The lowest BCUT2D eigenvalue weighted by atomic mass is 10.0. The molecule has 1 nitrogen and oxygen atoms in total. The Morgan fingerprint density at radius 1 is 1.38 bits per heavy atom. The third-order valence-corrected chi connectivity index (χ3v) is 1.42. The van der Waals surface area contributed by atoms with E-state index in [9.17, 15) is 4.39 Å². The van der Waals surface area contributed by atoms with Gasteiger partial charge in [-0.25, -0.2) is 4.39 Å². The summed E-state index contributed by atoms with van der Waals surface area (Å²) in [5, 5.41) is 7.00. The van der Waals surface area contributed by atoms with E-state index in [0.29, 0.717) is 5.57 Å². The van der Waals surface area contributed by atoms with E-state index in [-0.39, 0.29) is 11.7 Å². The minimum atomic E-state index is -0.224. The van der Waals surface area contributed by atoms with Gasteiger partial charge in [0.1, 0.15) is 5.83 Å². The van der Waals surface area contributed by atoms with E-state index in [2.05, 4.69) is 6.58 Å². The molecule has 1 N–H and O–H groups in total. The summed E-state index contributed by atoms with van der Waals surface area (Å²) in [4.78, 5) is 0. The van der Waals surface area contributed by atoms with Gasteiger partial charge in [0.05, 0.1) is 0 Å². The molecule has 0 amide bonds. The second-order valence-corrected chi connectivity index (χ2v) is 2.66. The van der Waals surface area contributed by atoms with Gasteiger partial charge in [0.15, 0.2) is 0 Å². The Balaban J connectivity index is 0. The zero-order chi connectivity index (χ0) is 10.9. The Hall–Kier alpha value is -0.890. The summed E-state index contributed by atoms with van der Waals surface area (Å²) < 4.78 is 12.9. The first-order valence-corrected chi connectivity index (χ1v) is 4.23. The molecule has 0 aromatic heterocycles. The smallest absolute Gasteiger partial charge is 0.126 e. The zero-order valence-electron chi connectivity index (χ0n) is 8.84. The standard InChI is InChI=1S/C10H15F.CH4O/c1-5-7-9(8(3)4)10(11)6-2;1-2/h5-8H,2H2,1,3-4H3;2H,1H3/b7-5-,10-9-;. The molecule has 0 aromatic rings. The lowest BCUT2D eigenvalue weighted by Crippen LogP contribution is -1.92. The van der Waals surface area contributed by atoms with E-state index in [4.69, 9.17) is 5.11 Å². The second-order valence-electron chi connectivity index (χ2n) is 2.66. The van der Waals surface area contributed by atoms with Gasteiger partial charge >= 0.3 is 0 Å². The third kappa shape index (κ3) is 6.29. The molecular formula is C11H19FO. The van der Waals surface area contributed by atoms with Crippen LogP contribution in [0.25, 0.3) is 0 Å². The molecule has 0 aromatic carbocycles. The first-order chi connectivity index (χ1) is 6.13. The average Bonchev–Trinajstić information content (AvgIpc) is 2.15. The van der Waals surface area contributed by atoms with Crippen LogP contribution < -0.4 is 0 Å². The SMILES string of the molecule is C=C/C(F)=C(\C=C/C)C(C)C.CO. The van der Waals surface area contributed by atoms with E-state index >= 15 is 0 Å². The van der Waals surface area contributed by atoms with Crippen molar-refractivity contribution in [1.82, 2.24) is 0 Å². The fourth-order valence-corrected chi connectivity index (χ4v) is 0.845. The minimum Gasteiger partial charge on any atom is -0.400 e. The highest BCUT2D eigenvalue weighted by atomic mass is 19.1. The summed E-state index contributed by atoms with van der Waals surface area (Å²) in [6.45, 7) is 9.17. The van der Waals surface area contributed by atoms with E-state index in [0.717, 1.165) is 7.11 Å². The van der Waals surface area contributed by atoms with Gasteiger partial charge in [0, 0.05) is 7.11 Å². The molecule has 0 saturated heterocycles. The van der Waals surface area contributed by atoms with E-state index in [1.165, 1.54) is 6.08 Å². The highest BCUT2D eigenvalue weighted by Gasteiger charge is 2.03. The molecule has 0 bridgehead atoms. The number of hydrogen-bond donors (Lipinski definition) is 1. The molecule has 0 fully saturated rings. The molecule has 0 aliphatic heterocycles. The maximum absolute atomic E-state index is 12.9. The second kappa shape index (κ2) is 9.20. The van der Waals surface area contributed by atoms with Crippen LogP contribution in [0.15, 0.2) is 36.2 Å². The highest BCUT2D eigenvalue weighted by molar-refractivity contribution is 5.28. The summed E-state index contributed by atoms with van der Waals surface area (Å²) in [5.74, 6) is -0.0118. The van der Waals surface area contributed by atoms with Crippen LogP contribution in [-0.2, 0) is 0 Å². The van der Waals surface area contributed by atoms with Crippen molar-refractivity contribution < 1.29 is 9.50 Å². The number of rotatable bonds is 3. The molecule has 2 heteroatoms. The van der Waals surface area contributed by atoms with Gasteiger partial charge in [-0.1, -0.05) is 32.6 Å². The van der Waals surface area contributed by atoms with Gasteiger partial charge < -0.3 is 5.11 Å². The van der Waals surface area contributed by atoms with Gasteiger partial charge in [-0.2, -0.15) is 0 Å². The summed E-state index contributed by atoms with van der Waals surface area (Å²) >= 11 is 0. The van der Waals surface area contributed by atoms with E-state index < -0.39 is 0 Å². The van der Waals surface area contributed by atoms with Crippen LogP contribution in [0, 0.1) is 5.92 Å². The Morgan fingerprint density at radius 3 is 2.08 bits per heavy atom. The Morgan fingerprint density at radius 2 is 1.85 bits per heavy atom. The predicted molar refractivity (Wildman–Crippen MR) is 56.1 cm³/mol. The molecular weight excluding hydrogens is 167 g/mol. The minimum absolute atomic E-state index is 0.212. The van der Waals surface area contributed by atoms with Crippen molar-refractivity contribution in [2.75, 3.05) is 7.11 Å². The van der Waals surface area contributed by atoms with Gasteiger partial charge in [0.25, 0.3) is 0 Å². The molecule has 0 saturated carbocycles. The number of aliphatic hydroxyl groups is 1. The van der Waals surface area contributed by atoms with Gasteiger partial charge in [-0.15, -0.1) is 0 Å². The van der Waals surface area contributed by atoms with Crippen molar-refractivity contribution >= 4 is 0 Å². The van der Waals surface area contributed by atoms with Crippen LogP contribution in [0.1, 0.15) is 20.8 Å². The van der Waals surface area contributed by atoms with Gasteiger partial charge in [-0.3, -0.25) is 0 Å². The van der Waals surface area contributed by atoms with Crippen molar-refractivity contribution in [2.24, 2.45) is 5.92 Å². The monoisotopic (exact) mass is 186 g/mol. The Labute approximate surface area is 80.3 Å². The molecule has 0 rings (SSSR count). The predicted octanol–water partition coefficient (Wildman–Crippen LogP) is 3.24. The molecule has 0 aliphatic carbocycles. The summed E-state index contributed by atoms with van der Waals surface area (Å²) in [6, 6.07) is 0. The molecule has 76 valence electrons. The molecule has 0 aliphatic rings. The normalized spacial score (nSPS) is 12.2. The van der Waals surface area contributed by atoms with Crippen LogP contribution in [-0.4, -0.2) is 12.2 Å². The number of allylic oxidation sites excluding steroid dienone is 5. The van der Waals surface area contributed by atoms with Gasteiger partial charge in [-0.05, 0) is 24.5 Å². The Kier molecular flexibility index (Phi) is 10.3.